The molecular weight excluding hydrogens is 288 g/mol. The Labute approximate surface area is 129 Å². The Balaban J connectivity index is 2.47. The molecule has 0 aromatic heterocycles. The maximum absolute atomic E-state index is 11.7. The van der Waals surface area contributed by atoms with E-state index in [2.05, 4.69) is 10.6 Å². The summed E-state index contributed by atoms with van der Waals surface area (Å²) in [5.41, 5.74) is 0. The molecule has 0 saturated heterocycles. The number of ether oxygens (including phenoxy) is 2. The van der Waals surface area contributed by atoms with Gasteiger partial charge in [-0.1, -0.05) is 26.0 Å². The second kappa shape index (κ2) is 8.76. The average Bonchev–Trinajstić information content (AvgIpc) is 2.46. The number of amides is 2. The van der Waals surface area contributed by atoms with Crippen LogP contribution in [-0.2, 0) is 4.79 Å². The van der Waals surface area contributed by atoms with Crippen LogP contribution in [0.1, 0.15) is 20.8 Å². The van der Waals surface area contributed by atoms with Crippen molar-refractivity contribution < 1.29 is 24.2 Å². The minimum Gasteiger partial charge on any atom is -0.490 e. The number of rotatable bonds is 8. The van der Waals surface area contributed by atoms with Crippen LogP contribution in [0.2, 0.25) is 0 Å². The molecule has 1 atom stereocenters. The molecular formula is C15H22N2O5. The molecule has 0 aliphatic heterocycles. The molecule has 0 bridgehead atoms. The lowest BCUT2D eigenvalue weighted by atomic mass is 10.1. The number of benzene rings is 1. The number of urea groups is 1. The quantitative estimate of drug-likeness (QED) is 0.636. The first-order valence-electron chi connectivity index (χ1n) is 7.07. The molecule has 7 nitrogen and oxygen atoms in total. The Kier molecular flexibility index (Phi) is 7.01. The normalized spacial score (nSPS) is 11.6. The van der Waals surface area contributed by atoms with Crippen molar-refractivity contribution in [1.82, 2.24) is 10.6 Å². The second-order valence-electron chi connectivity index (χ2n) is 4.88. The molecule has 122 valence electrons. The number of para-hydroxylation sites is 2. The number of carbonyl (C=O) groups excluding carboxylic acids is 1. The summed E-state index contributed by atoms with van der Waals surface area (Å²) < 4.78 is 10.8. The number of hydrogen-bond acceptors (Lipinski definition) is 4. The molecule has 3 N–H and O–H groups in total. The first kappa shape index (κ1) is 17.6. The first-order chi connectivity index (χ1) is 10.5. The summed E-state index contributed by atoms with van der Waals surface area (Å²) in [6.45, 7) is 5.70. The van der Waals surface area contributed by atoms with Crippen LogP contribution >= 0.6 is 0 Å². The van der Waals surface area contributed by atoms with Crippen molar-refractivity contribution in [2.24, 2.45) is 5.92 Å². The van der Waals surface area contributed by atoms with E-state index in [1.54, 1.807) is 32.0 Å². The van der Waals surface area contributed by atoms with E-state index in [0.29, 0.717) is 18.1 Å². The summed E-state index contributed by atoms with van der Waals surface area (Å²) in [6, 6.07) is 5.54. The van der Waals surface area contributed by atoms with Gasteiger partial charge in [0.15, 0.2) is 18.2 Å². The van der Waals surface area contributed by atoms with Gasteiger partial charge in [-0.15, -0.1) is 0 Å². The lowest BCUT2D eigenvalue weighted by Crippen LogP contribution is -2.49. The molecule has 0 radical (unpaired) electrons. The van der Waals surface area contributed by atoms with Crippen LogP contribution in [0.25, 0.3) is 0 Å². The molecule has 1 unspecified atom stereocenters. The van der Waals surface area contributed by atoms with Crippen molar-refractivity contribution in [2.45, 2.75) is 26.8 Å². The van der Waals surface area contributed by atoms with Crippen LogP contribution in [-0.4, -0.2) is 36.5 Å². The molecule has 1 aromatic carbocycles. The monoisotopic (exact) mass is 310 g/mol. The third-order valence-corrected chi connectivity index (χ3v) is 2.83. The van der Waals surface area contributed by atoms with Gasteiger partial charge in [0.05, 0.1) is 6.61 Å². The van der Waals surface area contributed by atoms with Crippen molar-refractivity contribution in [3.8, 4) is 11.5 Å². The molecule has 2 amide bonds. The van der Waals surface area contributed by atoms with E-state index in [9.17, 15) is 9.59 Å². The number of hydrogen-bond donors (Lipinski definition) is 3. The van der Waals surface area contributed by atoms with Crippen LogP contribution in [0.5, 0.6) is 11.5 Å². The molecule has 1 aromatic rings. The predicted molar refractivity (Wildman–Crippen MR) is 81.0 cm³/mol. The third-order valence-electron chi connectivity index (χ3n) is 2.83. The Hall–Kier alpha value is -2.44. The van der Waals surface area contributed by atoms with Gasteiger partial charge in [0.1, 0.15) is 6.04 Å². The fraction of sp³-hybridized carbons (Fsp3) is 0.467. The molecule has 0 heterocycles. The lowest BCUT2D eigenvalue weighted by Gasteiger charge is -2.18. The van der Waals surface area contributed by atoms with Crippen LogP contribution < -0.4 is 20.1 Å². The SMILES string of the molecule is CCOc1ccccc1OCNC(=O)NC(C(=O)O)C(C)C. The van der Waals surface area contributed by atoms with Crippen molar-refractivity contribution in [3.05, 3.63) is 24.3 Å². The minimum atomic E-state index is -1.08. The first-order valence-corrected chi connectivity index (χ1v) is 7.07. The Morgan fingerprint density at radius 1 is 1.18 bits per heavy atom. The second-order valence-corrected chi connectivity index (χ2v) is 4.88. The van der Waals surface area contributed by atoms with E-state index in [-0.39, 0.29) is 12.6 Å². The van der Waals surface area contributed by atoms with E-state index < -0.39 is 18.0 Å². The highest BCUT2D eigenvalue weighted by Crippen LogP contribution is 2.25. The van der Waals surface area contributed by atoms with Crippen LogP contribution in [0.15, 0.2) is 24.3 Å². The molecule has 0 fully saturated rings. The van der Waals surface area contributed by atoms with Gasteiger partial charge in [0.2, 0.25) is 0 Å². The van der Waals surface area contributed by atoms with Crippen LogP contribution in [0.4, 0.5) is 4.79 Å². The van der Waals surface area contributed by atoms with Gasteiger partial charge in [-0.05, 0) is 25.0 Å². The fourth-order valence-electron chi connectivity index (χ4n) is 1.73. The van der Waals surface area contributed by atoms with Crippen LogP contribution in [0.3, 0.4) is 0 Å². The standard InChI is InChI=1S/C15H22N2O5/c1-4-21-11-7-5-6-8-12(11)22-9-16-15(20)17-13(10(2)3)14(18)19/h5-8,10,13H,4,9H2,1-3H3,(H,18,19)(H2,16,17,20). The van der Waals surface area contributed by atoms with Gasteiger partial charge in [-0.2, -0.15) is 0 Å². The Bertz CT molecular complexity index is 504. The predicted octanol–water partition coefficient (Wildman–Crippen LogP) is 1.83. The summed E-state index contributed by atoms with van der Waals surface area (Å²) in [6.07, 6.45) is 0. The summed E-state index contributed by atoms with van der Waals surface area (Å²) >= 11 is 0. The number of carboxylic acids is 1. The van der Waals surface area contributed by atoms with E-state index >= 15 is 0 Å². The van der Waals surface area contributed by atoms with Crippen molar-refractivity contribution in [1.29, 1.82) is 0 Å². The fourth-order valence-corrected chi connectivity index (χ4v) is 1.73. The maximum atomic E-state index is 11.7. The van der Waals surface area contributed by atoms with Crippen molar-refractivity contribution >= 4 is 12.0 Å². The maximum Gasteiger partial charge on any atom is 0.326 e. The zero-order valence-electron chi connectivity index (χ0n) is 13.0. The van der Waals surface area contributed by atoms with Gasteiger partial charge in [0, 0.05) is 0 Å². The van der Waals surface area contributed by atoms with Gasteiger partial charge >= 0.3 is 12.0 Å². The number of carbonyl (C=O) groups is 2. The number of nitrogens with one attached hydrogen (secondary N) is 2. The molecule has 22 heavy (non-hydrogen) atoms. The summed E-state index contributed by atoms with van der Waals surface area (Å²) in [5, 5.41) is 13.8. The highest BCUT2D eigenvalue weighted by atomic mass is 16.5. The summed E-state index contributed by atoms with van der Waals surface area (Å²) in [5.74, 6) is -0.211. The Morgan fingerprint density at radius 2 is 1.77 bits per heavy atom. The molecule has 0 aliphatic carbocycles. The minimum absolute atomic E-state index is 0.0969. The lowest BCUT2D eigenvalue weighted by molar-refractivity contribution is -0.140. The summed E-state index contributed by atoms with van der Waals surface area (Å²) in [4.78, 5) is 22.7. The van der Waals surface area contributed by atoms with Gasteiger partial charge < -0.3 is 25.2 Å². The highest BCUT2D eigenvalue weighted by molar-refractivity contribution is 5.82. The third kappa shape index (κ3) is 5.51. The smallest absolute Gasteiger partial charge is 0.326 e. The van der Waals surface area contributed by atoms with Crippen LogP contribution in [0, 0.1) is 5.92 Å². The Morgan fingerprint density at radius 3 is 2.27 bits per heavy atom. The molecule has 0 aliphatic rings. The van der Waals surface area contributed by atoms with Crippen molar-refractivity contribution in [3.63, 3.8) is 0 Å². The van der Waals surface area contributed by atoms with Gasteiger partial charge in [-0.3, -0.25) is 0 Å². The van der Waals surface area contributed by atoms with Gasteiger partial charge in [-0.25, -0.2) is 9.59 Å². The summed E-state index contributed by atoms with van der Waals surface area (Å²) in [7, 11) is 0. The van der Waals surface area contributed by atoms with Gasteiger partial charge in [0.25, 0.3) is 0 Å². The molecule has 0 saturated carbocycles. The van der Waals surface area contributed by atoms with E-state index in [4.69, 9.17) is 14.6 Å². The number of carboxylic acid groups (broad SMARTS) is 1. The molecule has 1 rings (SSSR count). The highest BCUT2D eigenvalue weighted by Gasteiger charge is 2.23. The molecule has 0 spiro atoms. The average molecular weight is 310 g/mol. The molecule has 7 heteroatoms. The van der Waals surface area contributed by atoms with E-state index in [1.807, 2.05) is 13.0 Å². The zero-order valence-corrected chi connectivity index (χ0v) is 13.0. The topological polar surface area (TPSA) is 96.9 Å². The largest absolute Gasteiger partial charge is 0.490 e. The van der Waals surface area contributed by atoms with Crippen molar-refractivity contribution in [2.75, 3.05) is 13.3 Å². The van der Waals surface area contributed by atoms with E-state index in [0.717, 1.165) is 0 Å². The van der Waals surface area contributed by atoms with E-state index in [1.165, 1.54) is 0 Å². The number of aliphatic carboxylic acids is 1. The zero-order chi connectivity index (χ0) is 16.5.